The molecule has 0 fully saturated rings. The SMILES string of the molecule is O=C(Nc1c(F)cc(F)cc1Br)c1nc(Cl)ccc1Cl. The van der Waals surface area contributed by atoms with Crippen molar-refractivity contribution in [1.82, 2.24) is 4.98 Å². The summed E-state index contributed by atoms with van der Waals surface area (Å²) in [5.74, 6) is -2.46. The quantitative estimate of drug-likeness (QED) is 0.767. The molecule has 0 unspecified atom stereocenters. The summed E-state index contributed by atoms with van der Waals surface area (Å²) in [5, 5.41) is 2.39. The number of carbonyl (C=O) groups is 1. The van der Waals surface area contributed by atoms with Crippen molar-refractivity contribution in [3.05, 3.63) is 56.2 Å². The minimum atomic E-state index is -0.927. The van der Waals surface area contributed by atoms with E-state index in [4.69, 9.17) is 23.2 Å². The summed E-state index contributed by atoms with van der Waals surface area (Å²) >= 11 is 14.4. The Hall–Kier alpha value is -1.24. The van der Waals surface area contributed by atoms with Gasteiger partial charge in [0.15, 0.2) is 5.82 Å². The molecule has 0 aliphatic rings. The summed E-state index contributed by atoms with van der Waals surface area (Å²) in [4.78, 5) is 15.7. The van der Waals surface area contributed by atoms with Crippen molar-refractivity contribution in [3.8, 4) is 0 Å². The van der Waals surface area contributed by atoms with Gasteiger partial charge in [0.2, 0.25) is 0 Å². The molecular formula is C12H5BrCl2F2N2O. The second-order valence-corrected chi connectivity index (χ2v) is 5.31. The zero-order chi connectivity index (χ0) is 14.9. The third kappa shape index (κ3) is 3.26. The first-order chi connectivity index (χ1) is 9.38. The molecule has 1 aromatic carbocycles. The highest BCUT2D eigenvalue weighted by Gasteiger charge is 2.17. The Morgan fingerprint density at radius 1 is 1.25 bits per heavy atom. The monoisotopic (exact) mass is 380 g/mol. The molecule has 20 heavy (non-hydrogen) atoms. The summed E-state index contributed by atoms with van der Waals surface area (Å²) < 4.78 is 26.6. The van der Waals surface area contributed by atoms with Gasteiger partial charge in [0.25, 0.3) is 5.91 Å². The largest absolute Gasteiger partial charge is 0.317 e. The Bertz CT molecular complexity index is 674. The summed E-state index contributed by atoms with van der Waals surface area (Å²) in [5.41, 5.74) is -0.371. The van der Waals surface area contributed by atoms with Gasteiger partial charge in [0.1, 0.15) is 16.7 Å². The molecule has 0 spiro atoms. The van der Waals surface area contributed by atoms with Gasteiger partial charge in [0, 0.05) is 10.5 Å². The van der Waals surface area contributed by atoms with Crippen molar-refractivity contribution in [3.63, 3.8) is 0 Å². The Morgan fingerprint density at radius 3 is 2.60 bits per heavy atom. The van der Waals surface area contributed by atoms with E-state index in [0.29, 0.717) is 6.07 Å². The van der Waals surface area contributed by atoms with Crippen LogP contribution in [0.3, 0.4) is 0 Å². The Balaban J connectivity index is 2.35. The van der Waals surface area contributed by atoms with Crippen molar-refractivity contribution in [2.45, 2.75) is 0 Å². The number of anilines is 1. The lowest BCUT2D eigenvalue weighted by Crippen LogP contribution is -2.16. The summed E-state index contributed by atoms with van der Waals surface area (Å²) in [6, 6.07) is 4.47. The first kappa shape index (κ1) is 15.2. The molecule has 0 aliphatic carbocycles. The highest BCUT2D eigenvalue weighted by molar-refractivity contribution is 9.10. The molecule has 0 aliphatic heterocycles. The van der Waals surface area contributed by atoms with Crippen LogP contribution in [-0.4, -0.2) is 10.9 Å². The van der Waals surface area contributed by atoms with E-state index < -0.39 is 17.5 Å². The normalized spacial score (nSPS) is 10.4. The molecule has 8 heteroatoms. The molecule has 0 radical (unpaired) electrons. The fourth-order valence-electron chi connectivity index (χ4n) is 1.41. The molecule has 1 heterocycles. The molecular weight excluding hydrogens is 377 g/mol. The van der Waals surface area contributed by atoms with Gasteiger partial charge >= 0.3 is 0 Å². The highest BCUT2D eigenvalue weighted by atomic mass is 79.9. The van der Waals surface area contributed by atoms with E-state index in [0.717, 1.165) is 6.07 Å². The maximum Gasteiger partial charge on any atom is 0.275 e. The highest BCUT2D eigenvalue weighted by Crippen LogP contribution is 2.28. The third-order valence-electron chi connectivity index (χ3n) is 2.27. The van der Waals surface area contributed by atoms with Crippen LogP contribution in [0.2, 0.25) is 10.2 Å². The fourth-order valence-corrected chi connectivity index (χ4v) is 2.26. The lowest BCUT2D eigenvalue weighted by molar-refractivity contribution is 0.102. The van der Waals surface area contributed by atoms with Crippen molar-refractivity contribution < 1.29 is 13.6 Å². The summed E-state index contributed by atoms with van der Waals surface area (Å²) in [7, 11) is 0. The topological polar surface area (TPSA) is 42.0 Å². The number of halogens is 5. The molecule has 3 nitrogen and oxygen atoms in total. The van der Waals surface area contributed by atoms with Crippen molar-refractivity contribution in [1.29, 1.82) is 0 Å². The van der Waals surface area contributed by atoms with E-state index in [1.807, 2.05) is 0 Å². The molecule has 1 N–H and O–H groups in total. The number of hydrogen-bond acceptors (Lipinski definition) is 2. The maximum absolute atomic E-state index is 13.6. The molecule has 104 valence electrons. The van der Waals surface area contributed by atoms with Gasteiger partial charge in [-0.1, -0.05) is 23.2 Å². The van der Waals surface area contributed by atoms with Crippen LogP contribution in [0.1, 0.15) is 10.5 Å². The van der Waals surface area contributed by atoms with E-state index >= 15 is 0 Å². The van der Waals surface area contributed by atoms with Gasteiger partial charge in [-0.3, -0.25) is 4.79 Å². The number of amides is 1. The van der Waals surface area contributed by atoms with E-state index in [2.05, 4.69) is 26.2 Å². The van der Waals surface area contributed by atoms with Crippen LogP contribution in [0.15, 0.2) is 28.7 Å². The van der Waals surface area contributed by atoms with Crippen molar-refractivity contribution in [2.24, 2.45) is 0 Å². The molecule has 1 amide bonds. The number of pyridine rings is 1. The van der Waals surface area contributed by atoms with Gasteiger partial charge in [-0.25, -0.2) is 13.8 Å². The zero-order valence-electron chi connectivity index (χ0n) is 9.55. The Morgan fingerprint density at radius 2 is 1.95 bits per heavy atom. The number of rotatable bonds is 2. The zero-order valence-corrected chi connectivity index (χ0v) is 12.7. The average molecular weight is 382 g/mol. The van der Waals surface area contributed by atoms with Gasteiger partial charge in [-0.15, -0.1) is 0 Å². The smallest absolute Gasteiger partial charge is 0.275 e. The van der Waals surface area contributed by atoms with Gasteiger partial charge in [-0.05, 0) is 34.1 Å². The van der Waals surface area contributed by atoms with E-state index in [-0.39, 0.29) is 26.0 Å². The van der Waals surface area contributed by atoms with Crippen molar-refractivity contribution in [2.75, 3.05) is 5.32 Å². The minimum Gasteiger partial charge on any atom is -0.317 e. The Labute approximate surface area is 131 Å². The van der Waals surface area contributed by atoms with Crippen LogP contribution in [0.25, 0.3) is 0 Å². The first-order valence-corrected chi connectivity index (χ1v) is 6.71. The minimum absolute atomic E-state index is 0.0569. The standard InChI is InChI=1S/C12H5BrCl2F2N2O/c13-6-3-5(16)4-8(17)10(6)19-12(20)11-7(14)1-2-9(15)18-11/h1-4H,(H,19,20). The van der Waals surface area contributed by atoms with Crippen LogP contribution in [-0.2, 0) is 0 Å². The lowest BCUT2D eigenvalue weighted by Gasteiger charge is -2.09. The van der Waals surface area contributed by atoms with Gasteiger partial charge in [-0.2, -0.15) is 0 Å². The molecule has 0 saturated heterocycles. The number of benzene rings is 1. The van der Waals surface area contributed by atoms with Gasteiger partial charge < -0.3 is 5.32 Å². The molecule has 0 atom stereocenters. The number of nitrogens with zero attached hydrogens (tertiary/aromatic N) is 1. The van der Waals surface area contributed by atoms with E-state index in [9.17, 15) is 13.6 Å². The second kappa shape index (κ2) is 6.03. The van der Waals surface area contributed by atoms with Crippen LogP contribution in [0.4, 0.5) is 14.5 Å². The van der Waals surface area contributed by atoms with E-state index in [1.54, 1.807) is 0 Å². The average Bonchev–Trinajstić information content (AvgIpc) is 2.36. The van der Waals surface area contributed by atoms with Crippen LogP contribution in [0.5, 0.6) is 0 Å². The number of hydrogen-bond donors (Lipinski definition) is 1. The van der Waals surface area contributed by atoms with Crippen LogP contribution >= 0.6 is 39.1 Å². The number of nitrogens with one attached hydrogen (secondary N) is 1. The van der Waals surface area contributed by atoms with E-state index in [1.165, 1.54) is 12.1 Å². The van der Waals surface area contributed by atoms with Crippen LogP contribution in [0, 0.1) is 11.6 Å². The third-order valence-corrected chi connectivity index (χ3v) is 3.41. The van der Waals surface area contributed by atoms with Crippen molar-refractivity contribution >= 4 is 50.7 Å². The van der Waals surface area contributed by atoms with Gasteiger partial charge in [0.05, 0.1) is 10.7 Å². The number of aromatic nitrogens is 1. The molecule has 2 aromatic rings. The van der Waals surface area contributed by atoms with Crippen LogP contribution < -0.4 is 5.32 Å². The molecule has 0 bridgehead atoms. The Kier molecular flexibility index (Phi) is 4.57. The lowest BCUT2D eigenvalue weighted by atomic mass is 10.2. The number of carbonyl (C=O) groups excluding carboxylic acids is 1. The molecule has 2 rings (SSSR count). The first-order valence-electron chi connectivity index (χ1n) is 5.16. The fraction of sp³-hybridized carbons (Fsp3) is 0. The molecule has 0 saturated carbocycles. The molecule has 1 aromatic heterocycles. The summed E-state index contributed by atoms with van der Waals surface area (Å²) in [6.45, 7) is 0. The summed E-state index contributed by atoms with van der Waals surface area (Å²) in [6.07, 6.45) is 0. The predicted octanol–water partition coefficient (Wildman–Crippen LogP) is 4.68. The maximum atomic E-state index is 13.6. The predicted molar refractivity (Wildman–Crippen MR) is 76.3 cm³/mol. The second-order valence-electron chi connectivity index (χ2n) is 3.66.